The summed E-state index contributed by atoms with van der Waals surface area (Å²) in [4.78, 5) is 11.9. The second kappa shape index (κ2) is 6.17. The second-order valence-electron chi connectivity index (χ2n) is 5.11. The number of carbonyl (C=O) groups is 1. The van der Waals surface area contributed by atoms with E-state index in [9.17, 15) is 4.79 Å². The fourth-order valence-corrected chi connectivity index (χ4v) is 2.07. The Hall–Kier alpha value is -1.39. The minimum Gasteiger partial charge on any atom is -0.467 e. The largest absolute Gasteiger partial charge is 0.467 e. The van der Waals surface area contributed by atoms with E-state index in [1.54, 1.807) is 0 Å². The lowest BCUT2D eigenvalue weighted by Crippen LogP contribution is -2.49. The first-order chi connectivity index (χ1) is 9.16. The zero-order chi connectivity index (χ0) is 13.7. The Morgan fingerprint density at radius 2 is 2.05 bits per heavy atom. The number of ether oxygens (including phenoxy) is 2. The van der Waals surface area contributed by atoms with Crippen LogP contribution in [0, 0.1) is 5.92 Å². The molecule has 1 aromatic carbocycles. The summed E-state index contributed by atoms with van der Waals surface area (Å²) in [5.74, 6) is 0.340. The average Bonchev–Trinajstić information content (AvgIpc) is 3.27. The van der Waals surface area contributed by atoms with Crippen LogP contribution in [0.3, 0.4) is 0 Å². The minimum atomic E-state index is -1.22. The predicted octanol–water partition coefficient (Wildman–Crippen LogP) is 1.83. The Kier molecular flexibility index (Phi) is 4.56. The van der Waals surface area contributed by atoms with Gasteiger partial charge in [-0.25, -0.2) is 4.79 Å². The quantitative estimate of drug-likeness (QED) is 0.602. The van der Waals surface area contributed by atoms with Crippen LogP contribution < -0.4 is 5.73 Å². The average molecular weight is 263 g/mol. The number of benzene rings is 1. The molecule has 2 N–H and O–H groups in total. The van der Waals surface area contributed by atoms with E-state index < -0.39 is 11.5 Å². The van der Waals surface area contributed by atoms with Gasteiger partial charge in [0.05, 0.1) is 13.7 Å². The third-order valence-corrected chi connectivity index (χ3v) is 3.54. The number of nitrogens with two attached hydrogens (primary N) is 1. The highest BCUT2D eigenvalue weighted by Gasteiger charge is 2.37. The molecule has 0 heterocycles. The third kappa shape index (κ3) is 3.55. The zero-order valence-electron chi connectivity index (χ0n) is 11.3. The fourth-order valence-electron chi connectivity index (χ4n) is 2.07. The zero-order valence-corrected chi connectivity index (χ0v) is 11.3. The van der Waals surface area contributed by atoms with Crippen LogP contribution in [0.1, 0.15) is 24.8 Å². The molecule has 0 saturated heterocycles. The summed E-state index contributed by atoms with van der Waals surface area (Å²) < 4.78 is 10.4. The highest BCUT2D eigenvalue weighted by atomic mass is 16.5. The molecule has 1 aliphatic carbocycles. The summed E-state index contributed by atoms with van der Waals surface area (Å²) in [6, 6.07) is 9.23. The molecule has 104 valence electrons. The molecule has 0 radical (unpaired) electrons. The van der Waals surface area contributed by atoms with Crippen molar-refractivity contribution in [1.29, 1.82) is 0 Å². The van der Waals surface area contributed by atoms with E-state index in [0.717, 1.165) is 12.3 Å². The van der Waals surface area contributed by atoms with E-state index in [2.05, 4.69) is 0 Å². The Labute approximate surface area is 113 Å². The van der Waals surface area contributed by atoms with Crippen molar-refractivity contribution >= 4 is 5.97 Å². The number of hydrogen-bond acceptors (Lipinski definition) is 4. The van der Waals surface area contributed by atoms with Crippen LogP contribution in [0.25, 0.3) is 0 Å². The molecular weight excluding hydrogens is 242 g/mol. The van der Waals surface area contributed by atoms with Gasteiger partial charge < -0.3 is 15.2 Å². The van der Waals surface area contributed by atoms with Gasteiger partial charge in [0.2, 0.25) is 0 Å². The maximum absolute atomic E-state index is 11.9. The molecular formula is C15H21NO3. The number of carbonyl (C=O) groups excluding carboxylic acids is 1. The predicted molar refractivity (Wildman–Crippen MR) is 72.5 cm³/mol. The van der Waals surface area contributed by atoms with Crippen LogP contribution in [-0.2, 0) is 19.8 Å². The molecule has 1 aromatic rings. The number of rotatable bonds is 7. The van der Waals surface area contributed by atoms with Gasteiger partial charge in [0, 0.05) is 6.61 Å². The van der Waals surface area contributed by atoms with Gasteiger partial charge >= 0.3 is 5.97 Å². The second-order valence-corrected chi connectivity index (χ2v) is 5.11. The van der Waals surface area contributed by atoms with Crippen LogP contribution in [-0.4, -0.2) is 26.3 Å². The first-order valence-electron chi connectivity index (χ1n) is 6.67. The highest BCUT2D eigenvalue weighted by molar-refractivity contribution is 5.82. The maximum Gasteiger partial charge on any atom is 0.332 e. The van der Waals surface area contributed by atoms with E-state index in [1.165, 1.54) is 20.0 Å². The third-order valence-electron chi connectivity index (χ3n) is 3.54. The summed E-state index contributed by atoms with van der Waals surface area (Å²) in [7, 11) is 1.34. The molecule has 0 spiro atoms. The van der Waals surface area contributed by atoms with Crippen molar-refractivity contribution in [2.75, 3.05) is 20.3 Å². The molecule has 1 fully saturated rings. The van der Waals surface area contributed by atoms with Crippen LogP contribution in [0.15, 0.2) is 30.3 Å². The molecule has 1 aliphatic rings. The summed E-state index contributed by atoms with van der Waals surface area (Å²) in [6.07, 6.45) is 3.64. The summed E-state index contributed by atoms with van der Waals surface area (Å²) in [5.41, 5.74) is 5.70. The lowest BCUT2D eigenvalue weighted by atomic mass is 9.92. The van der Waals surface area contributed by atoms with E-state index in [-0.39, 0.29) is 6.61 Å². The van der Waals surface area contributed by atoms with Crippen molar-refractivity contribution in [3.63, 3.8) is 0 Å². The first-order valence-corrected chi connectivity index (χ1v) is 6.67. The minimum absolute atomic E-state index is 0.149. The molecule has 1 unspecified atom stereocenters. The van der Waals surface area contributed by atoms with Gasteiger partial charge in [-0.15, -0.1) is 0 Å². The van der Waals surface area contributed by atoms with Crippen molar-refractivity contribution in [2.24, 2.45) is 11.7 Å². The highest BCUT2D eigenvalue weighted by Crippen LogP contribution is 2.32. The van der Waals surface area contributed by atoms with Crippen molar-refractivity contribution in [2.45, 2.75) is 24.8 Å². The first kappa shape index (κ1) is 14.0. The van der Waals surface area contributed by atoms with Crippen molar-refractivity contribution in [3.05, 3.63) is 35.9 Å². The van der Waals surface area contributed by atoms with Gasteiger partial charge in [0.15, 0.2) is 5.54 Å². The lowest BCUT2D eigenvalue weighted by molar-refractivity contribution is -0.150. The normalized spacial score (nSPS) is 17.8. The fraction of sp³-hybridized carbons (Fsp3) is 0.533. The van der Waals surface area contributed by atoms with Gasteiger partial charge in [-0.3, -0.25) is 0 Å². The maximum atomic E-state index is 11.9. The van der Waals surface area contributed by atoms with E-state index in [4.69, 9.17) is 15.2 Å². The summed E-state index contributed by atoms with van der Waals surface area (Å²) in [6.45, 7) is 0.795. The molecule has 4 nitrogen and oxygen atoms in total. The van der Waals surface area contributed by atoms with Gasteiger partial charge in [-0.2, -0.15) is 0 Å². The smallest absolute Gasteiger partial charge is 0.332 e. The summed E-state index contributed by atoms with van der Waals surface area (Å²) in [5, 5.41) is 0. The number of methoxy groups -OCH3 is 1. The Bertz CT molecular complexity index is 417. The van der Waals surface area contributed by atoms with Crippen LogP contribution in [0.5, 0.6) is 0 Å². The molecule has 19 heavy (non-hydrogen) atoms. The van der Waals surface area contributed by atoms with Crippen molar-refractivity contribution < 1.29 is 14.3 Å². The molecule has 0 bridgehead atoms. The SMILES string of the molecule is COC(=O)C(N)(COCCC1CC1)c1ccccc1. The van der Waals surface area contributed by atoms with E-state index >= 15 is 0 Å². The molecule has 1 atom stereocenters. The van der Waals surface area contributed by atoms with Gasteiger partial charge in [-0.05, 0) is 17.9 Å². The monoisotopic (exact) mass is 263 g/mol. The molecule has 1 saturated carbocycles. The number of hydrogen-bond donors (Lipinski definition) is 1. The molecule has 0 aromatic heterocycles. The molecule has 4 heteroatoms. The standard InChI is InChI=1S/C15H21NO3/c1-18-14(17)15(16,13-5-3-2-4-6-13)11-19-10-9-12-7-8-12/h2-6,12H,7-11,16H2,1H3. The summed E-state index contributed by atoms with van der Waals surface area (Å²) >= 11 is 0. The Morgan fingerprint density at radius 3 is 2.63 bits per heavy atom. The van der Waals surface area contributed by atoms with Crippen molar-refractivity contribution in [1.82, 2.24) is 0 Å². The molecule has 0 amide bonds. The Morgan fingerprint density at radius 1 is 1.37 bits per heavy atom. The number of esters is 1. The van der Waals surface area contributed by atoms with Gasteiger partial charge in [0.1, 0.15) is 0 Å². The van der Waals surface area contributed by atoms with Gasteiger partial charge in [-0.1, -0.05) is 43.2 Å². The van der Waals surface area contributed by atoms with E-state index in [1.807, 2.05) is 30.3 Å². The van der Waals surface area contributed by atoms with Crippen LogP contribution in [0.4, 0.5) is 0 Å². The topological polar surface area (TPSA) is 61.5 Å². The van der Waals surface area contributed by atoms with Crippen LogP contribution in [0.2, 0.25) is 0 Å². The molecule has 2 rings (SSSR count). The lowest BCUT2D eigenvalue weighted by Gasteiger charge is -2.26. The van der Waals surface area contributed by atoms with Gasteiger partial charge in [0.25, 0.3) is 0 Å². The van der Waals surface area contributed by atoms with Crippen molar-refractivity contribution in [3.8, 4) is 0 Å². The Balaban J connectivity index is 1.99. The van der Waals surface area contributed by atoms with Crippen LogP contribution >= 0.6 is 0 Å². The van der Waals surface area contributed by atoms with E-state index in [0.29, 0.717) is 12.2 Å². The molecule has 0 aliphatic heterocycles.